The molecule has 0 aliphatic carbocycles. The molecule has 0 aliphatic heterocycles. The van der Waals surface area contributed by atoms with Gasteiger partial charge >= 0.3 is 0 Å². The molecule has 0 saturated heterocycles. The maximum atomic E-state index is 12.8. The molecule has 0 aliphatic rings. The first-order chi connectivity index (χ1) is 6.27. The van der Waals surface area contributed by atoms with Gasteiger partial charge in [0.25, 0.3) is 0 Å². The highest BCUT2D eigenvalue weighted by Crippen LogP contribution is 2.21. The van der Waals surface area contributed by atoms with E-state index in [-0.39, 0.29) is 5.82 Å². The highest BCUT2D eigenvalue weighted by molar-refractivity contribution is 9.08. The van der Waals surface area contributed by atoms with Crippen molar-refractivity contribution in [1.82, 2.24) is 0 Å². The zero-order chi connectivity index (χ0) is 9.68. The molecule has 0 aromatic heterocycles. The van der Waals surface area contributed by atoms with Crippen LogP contribution in [0.4, 0.5) is 4.39 Å². The molecule has 3 heteroatoms. The van der Waals surface area contributed by atoms with Gasteiger partial charge in [-0.2, -0.15) is 0 Å². The minimum atomic E-state index is -0.250. The van der Waals surface area contributed by atoms with Crippen molar-refractivity contribution in [3.05, 3.63) is 42.2 Å². The quantitative estimate of drug-likeness (QED) is 0.584. The van der Waals surface area contributed by atoms with Crippen LogP contribution in [0, 0.1) is 5.82 Å². The molecule has 0 saturated carbocycles. The summed E-state index contributed by atoms with van der Waals surface area (Å²) >= 11 is 3.26. The Morgan fingerprint density at radius 3 is 2.92 bits per heavy atom. The van der Waals surface area contributed by atoms with Gasteiger partial charge in [-0.25, -0.2) is 4.39 Å². The smallest absolute Gasteiger partial charge is 0.124 e. The lowest BCUT2D eigenvalue weighted by molar-refractivity contribution is 0.359. The molecule has 70 valence electrons. The maximum absolute atomic E-state index is 12.8. The predicted octanol–water partition coefficient (Wildman–Crippen LogP) is 3.29. The topological polar surface area (TPSA) is 9.23 Å². The van der Waals surface area contributed by atoms with Crippen LogP contribution < -0.4 is 4.74 Å². The summed E-state index contributed by atoms with van der Waals surface area (Å²) in [5, 5.41) is 0.581. The second-order valence-corrected chi connectivity index (χ2v) is 3.05. The molecule has 0 heterocycles. The van der Waals surface area contributed by atoms with E-state index < -0.39 is 0 Å². The summed E-state index contributed by atoms with van der Waals surface area (Å²) in [5.41, 5.74) is 0.807. The molecule has 0 spiro atoms. The molecule has 0 radical (unpaired) electrons. The minimum Gasteiger partial charge on any atom is -0.489 e. The SMILES string of the molecule is C=CCOc1ccc(F)cc1CBr. The molecule has 1 rings (SSSR count). The molecule has 0 N–H and O–H groups in total. The number of alkyl halides is 1. The standard InChI is InChI=1S/C10H10BrFO/c1-2-5-13-10-4-3-9(12)6-8(10)7-11/h2-4,6H,1,5,7H2. The Morgan fingerprint density at radius 2 is 2.31 bits per heavy atom. The Kier molecular flexibility index (Phi) is 3.96. The van der Waals surface area contributed by atoms with Crippen LogP contribution in [0.2, 0.25) is 0 Å². The Morgan fingerprint density at radius 1 is 1.54 bits per heavy atom. The highest BCUT2D eigenvalue weighted by atomic mass is 79.9. The number of hydrogen-bond acceptors (Lipinski definition) is 1. The lowest BCUT2D eigenvalue weighted by Gasteiger charge is -2.07. The normalized spacial score (nSPS) is 9.69. The van der Waals surface area contributed by atoms with Crippen LogP contribution in [0.3, 0.4) is 0 Å². The third kappa shape index (κ3) is 2.84. The third-order valence-corrected chi connectivity index (χ3v) is 2.13. The molecule has 0 bridgehead atoms. The number of ether oxygens (including phenoxy) is 1. The van der Waals surface area contributed by atoms with E-state index in [4.69, 9.17) is 4.74 Å². The Labute approximate surface area is 85.3 Å². The average Bonchev–Trinajstić information content (AvgIpc) is 2.16. The Hall–Kier alpha value is -0.830. The summed E-state index contributed by atoms with van der Waals surface area (Å²) < 4.78 is 18.1. The fourth-order valence-electron chi connectivity index (χ4n) is 0.942. The van der Waals surface area contributed by atoms with Gasteiger partial charge in [0.1, 0.15) is 18.2 Å². The van der Waals surface area contributed by atoms with E-state index in [1.54, 1.807) is 12.1 Å². The van der Waals surface area contributed by atoms with Crippen molar-refractivity contribution < 1.29 is 9.13 Å². The van der Waals surface area contributed by atoms with Crippen molar-refractivity contribution in [2.75, 3.05) is 6.61 Å². The summed E-state index contributed by atoms with van der Waals surface area (Å²) in [6.45, 7) is 3.97. The zero-order valence-electron chi connectivity index (χ0n) is 7.09. The Balaban J connectivity index is 2.85. The van der Waals surface area contributed by atoms with E-state index in [0.717, 1.165) is 5.56 Å². The molecule has 0 unspecified atom stereocenters. The van der Waals surface area contributed by atoms with E-state index in [1.807, 2.05) is 0 Å². The average molecular weight is 245 g/mol. The first-order valence-electron chi connectivity index (χ1n) is 3.86. The van der Waals surface area contributed by atoms with Gasteiger partial charge in [0, 0.05) is 10.9 Å². The molecular weight excluding hydrogens is 235 g/mol. The molecular formula is C10H10BrFO. The van der Waals surface area contributed by atoms with Crippen molar-refractivity contribution in [3.63, 3.8) is 0 Å². The lowest BCUT2D eigenvalue weighted by atomic mass is 10.2. The van der Waals surface area contributed by atoms with Crippen LogP contribution in [0.25, 0.3) is 0 Å². The maximum Gasteiger partial charge on any atom is 0.124 e. The lowest BCUT2D eigenvalue weighted by Crippen LogP contribution is -1.96. The van der Waals surface area contributed by atoms with Gasteiger partial charge in [0.05, 0.1) is 0 Å². The van der Waals surface area contributed by atoms with Crippen molar-refractivity contribution in [3.8, 4) is 5.75 Å². The van der Waals surface area contributed by atoms with Crippen LogP contribution in [0.5, 0.6) is 5.75 Å². The fourth-order valence-corrected chi connectivity index (χ4v) is 1.38. The molecule has 0 amide bonds. The first kappa shape index (κ1) is 10.3. The predicted molar refractivity (Wildman–Crippen MR) is 54.7 cm³/mol. The van der Waals surface area contributed by atoms with Crippen molar-refractivity contribution in [2.45, 2.75) is 5.33 Å². The van der Waals surface area contributed by atoms with E-state index >= 15 is 0 Å². The Bertz CT molecular complexity index is 299. The van der Waals surface area contributed by atoms with E-state index in [2.05, 4.69) is 22.5 Å². The van der Waals surface area contributed by atoms with Gasteiger partial charge in [0.2, 0.25) is 0 Å². The van der Waals surface area contributed by atoms with Gasteiger partial charge in [-0.05, 0) is 18.2 Å². The number of rotatable bonds is 4. The van der Waals surface area contributed by atoms with Crippen LogP contribution in [0.15, 0.2) is 30.9 Å². The third-order valence-electron chi connectivity index (χ3n) is 1.52. The molecule has 1 aromatic carbocycles. The number of halogens is 2. The molecule has 13 heavy (non-hydrogen) atoms. The summed E-state index contributed by atoms with van der Waals surface area (Å²) in [6.07, 6.45) is 1.65. The largest absolute Gasteiger partial charge is 0.489 e. The van der Waals surface area contributed by atoms with E-state index in [9.17, 15) is 4.39 Å². The second kappa shape index (κ2) is 5.02. The van der Waals surface area contributed by atoms with Gasteiger partial charge in [0.15, 0.2) is 0 Å². The van der Waals surface area contributed by atoms with Crippen molar-refractivity contribution >= 4 is 15.9 Å². The van der Waals surface area contributed by atoms with Crippen molar-refractivity contribution in [1.29, 1.82) is 0 Å². The van der Waals surface area contributed by atoms with Gasteiger partial charge in [-0.15, -0.1) is 0 Å². The van der Waals surface area contributed by atoms with Gasteiger partial charge in [-0.1, -0.05) is 28.6 Å². The van der Waals surface area contributed by atoms with Gasteiger partial charge in [-0.3, -0.25) is 0 Å². The fraction of sp³-hybridized carbons (Fsp3) is 0.200. The minimum absolute atomic E-state index is 0.250. The van der Waals surface area contributed by atoms with Crippen LogP contribution in [-0.4, -0.2) is 6.61 Å². The molecule has 1 nitrogen and oxygen atoms in total. The van der Waals surface area contributed by atoms with Crippen LogP contribution in [0.1, 0.15) is 5.56 Å². The highest BCUT2D eigenvalue weighted by Gasteiger charge is 2.02. The zero-order valence-corrected chi connectivity index (χ0v) is 8.68. The molecule has 0 atom stereocenters. The number of hydrogen-bond donors (Lipinski definition) is 0. The van der Waals surface area contributed by atoms with E-state index in [0.29, 0.717) is 17.7 Å². The summed E-state index contributed by atoms with van der Waals surface area (Å²) in [5.74, 6) is 0.443. The molecule has 0 fully saturated rings. The van der Waals surface area contributed by atoms with Crippen LogP contribution >= 0.6 is 15.9 Å². The summed E-state index contributed by atoms with van der Waals surface area (Å²) in [4.78, 5) is 0. The first-order valence-corrected chi connectivity index (χ1v) is 4.98. The molecule has 1 aromatic rings. The monoisotopic (exact) mass is 244 g/mol. The second-order valence-electron chi connectivity index (χ2n) is 2.49. The van der Waals surface area contributed by atoms with E-state index in [1.165, 1.54) is 12.1 Å². The van der Waals surface area contributed by atoms with Gasteiger partial charge < -0.3 is 4.74 Å². The van der Waals surface area contributed by atoms with Crippen LogP contribution in [-0.2, 0) is 5.33 Å². The summed E-state index contributed by atoms with van der Waals surface area (Å²) in [7, 11) is 0. The van der Waals surface area contributed by atoms with Crippen molar-refractivity contribution in [2.24, 2.45) is 0 Å². The summed E-state index contributed by atoms with van der Waals surface area (Å²) in [6, 6.07) is 4.45. The number of benzene rings is 1.